The van der Waals surface area contributed by atoms with Gasteiger partial charge < -0.3 is 15.2 Å². The predicted molar refractivity (Wildman–Crippen MR) is 106 cm³/mol. The minimum absolute atomic E-state index is 0. The second-order valence-corrected chi connectivity index (χ2v) is 5.94. The molecule has 6 heteroatoms. The lowest BCUT2D eigenvalue weighted by atomic mass is 10.1. The number of nitrogens with zero attached hydrogens (tertiary/aromatic N) is 1. The van der Waals surface area contributed by atoms with Crippen molar-refractivity contribution in [1.82, 2.24) is 4.90 Å². The van der Waals surface area contributed by atoms with Crippen LogP contribution in [0.2, 0.25) is 0 Å². The number of halogens is 2. The number of benzene rings is 2. The highest BCUT2D eigenvalue weighted by Gasteiger charge is 2.28. The van der Waals surface area contributed by atoms with E-state index in [0.29, 0.717) is 6.54 Å². The highest BCUT2D eigenvalue weighted by Crippen LogP contribution is 2.29. The monoisotopic (exact) mass is 384 g/mol. The molecule has 0 aliphatic carbocycles. The zero-order chi connectivity index (χ0) is 16.1. The Balaban J connectivity index is 0.00000156. The summed E-state index contributed by atoms with van der Waals surface area (Å²) in [5.41, 5.74) is 8.22. The van der Waals surface area contributed by atoms with Crippen molar-refractivity contribution in [2.24, 2.45) is 5.73 Å². The van der Waals surface area contributed by atoms with E-state index in [4.69, 9.17) is 15.2 Å². The first-order chi connectivity index (χ1) is 11.3. The molecular weight excluding hydrogens is 359 g/mol. The smallest absolute Gasteiger partial charge is 0.161 e. The average Bonchev–Trinajstić information content (AvgIpc) is 2.55. The quantitative estimate of drug-likeness (QED) is 0.795. The van der Waals surface area contributed by atoms with Crippen molar-refractivity contribution in [3.63, 3.8) is 0 Å². The lowest BCUT2D eigenvalue weighted by Gasteiger charge is -2.39. The van der Waals surface area contributed by atoms with Crippen LogP contribution in [-0.4, -0.2) is 37.7 Å². The third-order valence-corrected chi connectivity index (χ3v) is 4.15. The van der Waals surface area contributed by atoms with Gasteiger partial charge in [0, 0.05) is 19.6 Å². The summed E-state index contributed by atoms with van der Waals surface area (Å²) < 4.78 is 11.3. The number of ether oxygens (including phenoxy) is 2. The number of likely N-dealkylation sites (tertiary alicyclic amines) is 1. The van der Waals surface area contributed by atoms with Crippen molar-refractivity contribution >= 4 is 24.8 Å². The molecule has 1 heterocycles. The Hall–Kier alpha value is -1.46. The highest BCUT2D eigenvalue weighted by atomic mass is 35.5. The van der Waals surface area contributed by atoms with Crippen LogP contribution in [0.15, 0.2) is 48.5 Å². The maximum atomic E-state index is 6.01. The summed E-state index contributed by atoms with van der Waals surface area (Å²) in [7, 11) is 1.67. The van der Waals surface area contributed by atoms with E-state index in [9.17, 15) is 0 Å². The summed E-state index contributed by atoms with van der Waals surface area (Å²) in [6.07, 6.45) is 1.18. The first kappa shape index (κ1) is 21.6. The molecule has 0 saturated carbocycles. The Morgan fingerprint density at radius 2 is 1.56 bits per heavy atom. The molecule has 1 aliphatic rings. The summed E-state index contributed by atoms with van der Waals surface area (Å²) in [6.45, 7) is 3.56. The fraction of sp³-hybridized carbons (Fsp3) is 0.368. The Labute approximate surface area is 162 Å². The first-order valence-corrected chi connectivity index (χ1v) is 8.08. The van der Waals surface area contributed by atoms with E-state index in [1.807, 2.05) is 24.3 Å². The fourth-order valence-corrected chi connectivity index (χ4v) is 2.86. The van der Waals surface area contributed by atoms with Gasteiger partial charge in [-0.05, 0) is 36.2 Å². The van der Waals surface area contributed by atoms with Crippen LogP contribution in [-0.2, 0) is 13.0 Å². The first-order valence-electron chi connectivity index (χ1n) is 8.08. The maximum absolute atomic E-state index is 6.01. The Bertz CT molecular complexity index is 632. The molecule has 25 heavy (non-hydrogen) atoms. The molecule has 0 bridgehead atoms. The number of hydrogen-bond donors (Lipinski definition) is 1. The van der Waals surface area contributed by atoms with Crippen LogP contribution in [0.3, 0.4) is 0 Å². The Morgan fingerprint density at radius 3 is 2.16 bits per heavy atom. The Kier molecular flexibility index (Phi) is 9.08. The third kappa shape index (κ3) is 5.79. The highest BCUT2D eigenvalue weighted by molar-refractivity contribution is 5.85. The van der Waals surface area contributed by atoms with Crippen molar-refractivity contribution < 1.29 is 9.47 Å². The number of para-hydroxylation sites is 2. The van der Waals surface area contributed by atoms with Crippen LogP contribution in [0.1, 0.15) is 11.1 Å². The van der Waals surface area contributed by atoms with Crippen molar-refractivity contribution in [1.29, 1.82) is 0 Å². The molecule has 2 N–H and O–H groups in total. The minimum atomic E-state index is 0. The molecule has 2 aromatic carbocycles. The van der Waals surface area contributed by atoms with Gasteiger partial charge in [-0.15, -0.1) is 24.8 Å². The molecule has 0 spiro atoms. The number of hydrogen-bond acceptors (Lipinski definition) is 4. The molecule has 0 amide bonds. The van der Waals surface area contributed by atoms with Crippen LogP contribution in [0, 0.1) is 0 Å². The minimum Gasteiger partial charge on any atom is -0.493 e. The zero-order valence-corrected chi connectivity index (χ0v) is 16.0. The molecule has 1 saturated heterocycles. The van der Waals surface area contributed by atoms with Crippen LogP contribution in [0.25, 0.3) is 0 Å². The van der Waals surface area contributed by atoms with E-state index < -0.39 is 0 Å². The van der Waals surface area contributed by atoms with Crippen molar-refractivity contribution in [2.45, 2.75) is 19.1 Å². The van der Waals surface area contributed by atoms with Gasteiger partial charge >= 0.3 is 0 Å². The van der Waals surface area contributed by atoms with Gasteiger partial charge in [-0.1, -0.05) is 36.4 Å². The molecule has 138 valence electrons. The molecule has 2 aromatic rings. The summed E-state index contributed by atoms with van der Waals surface area (Å²) >= 11 is 0. The molecule has 0 unspecified atom stereocenters. The van der Waals surface area contributed by atoms with Crippen molar-refractivity contribution in [3.05, 3.63) is 59.7 Å². The third-order valence-electron chi connectivity index (χ3n) is 4.15. The van der Waals surface area contributed by atoms with Gasteiger partial charge in [0.2, 0.25) is 0 Å². The van der Waals surface area contributed by atoms with E-state index in [-0.39, 0.29) is 30.9 Å². The predicted octanol–water partition coefficient (Wildman–Crippen LogP) is 3.30. The van der Waals surface area contributed by atoms with Gasteiger partial charge in [0.1, 0.15) is 6.10 Å². The molecule has 1 fully saturated rings. The largest absolute Gasteiger partial charge is 0.493 e. The van der Waals surface area contributed by atoms with Crippen LogP contribution >= 0.6 is 24.8 Å². The van der Waals surface area contributed by atoms with Gasteiger partial charge in [-0.3, -0.25) is 4.90 Å². The van der Waals surface area contributed by atoms with Crippen molar-refractivity contribution in [2.75, 3.05) is 26.7 Å². The SMILES string of the molecule is COc1ccccc1OC1CN(Cc2ccc(CCN)cc2)C1.Cl.Cl. The number of methoxy groups -OCH3 is 1. The molecule has 0 atom stereocenters. The second-order valence-electron chi connectivity index (χ2n) is 5.94. The molecule has 4 nitrogen and oxygen atoms in total. The maximum Gasteiger partial charge on any atom is 0.161 e. The fourth-order valence-electron chi connectivity index (χ4n) is 2.86. The molecule has 1 aliphatic heterocycles. The van der Waals surface area contributed by atoms with Crippen LogP contribution in [0.4, 0.5) is 0 Å². The van der Waals surface area contributed by atoms with Gasteiger partial charge in [0.15, 0.2) is 11.5 Å². The van der Waals surface area contributed by atoms with Gasteiger partial charge in [0.25, 0.3) is 0 Å². The lowest BCUT2D eigenvalue weighted by Crippen LogP contribution is -2.53. The Morgan fingerprint density at radius 1 is 0.960 bits per heavy atom. The lowest BCUT2D eigenvalue weighted by molar-refractivity contribution is 0.0131. The number of rotatable bonds is 7. The standard InChI is InChI=1S/C19H24N2O2.2ClH/c1-22-18-4-2-3-5-19(18)23-17-13-21(14-17)12-16-8-6-15(7-9-16)10-11-20;;/h2-9,17H,10-14,20H2,1H3;2*1H. The van der Waals surface area contributed by atoms with Gasteiger partial charge in [-0.2, -0.15) is 0 Å². The zero-order valence-electron chi connectivity index (χ0n) is 14.4. The molecule has 0 aromatic heterocycles. The second kappa shape index (κ2) is 10.5. The van der Waals surface area contributed by atoms with Gasteiger partial charge in [0.05, 0.1) is 7.11 Å². The summed E-state index contributed by atoms with van der Waals surface area (Å²) in [5, 5.41) is 0. The normalized spacial score (nSPS) is 14.0. The molecule has 3 rings (SSSR count). The van der Waals surface area contributed by atoms with E-state index in [2.05, 4.69) is 29.2 Å². The van der Waals surface area contributed by atoms with Crippen LogP contribution in [0.5, 0.6) is 11.5 Å². The average molecular weight is 385 g/mol. The number of nitrogens with two attached hydrogens (primary N) is 1. The van der Waals surface area contributed by atoms with Crippen molar-refractivity contribution in [3.8, 4) is 11.5 Å². The van der Waals surface area contributed by atoms with Gasteiger partial charge in [-0.25, -0.2) is 0 Å². The van der Waals surface area contributed by atoms with E-state index in [1.165, 1.54) is 11.1 Å². The summed E-state index contributed by atoms with van der Waals surface area (Å²) in [4.78, 5) is 2.39. The van der Waals surface area contributed by atoms with E-state index in [0.717, 1.165) is 37.6 Å². The van der Waals surface area contributed by atoms with Crippen LogP contribution < -0.4 is 15.2 Å². The van der Waals surface area contributed by atoms with E-state index in [1.54, 1.807) is 7.11 Å². The molecule has 0 radical (unpaired) electrons. The topological polar surface area (TPSA) is 47.7 Å². The summed E-state index contributed by atoms with van der Waals surface area (Å²) in [5.74, 6) is 1.62. The summed E-state index contributed by atoms with van der Waals surface area (Å²) in [6, 6.07) is 16.5. The molecular formula is C19H26Cl2N2O2. The van der Waals surface area contributed by atoms with E-state index >= 15 is 0 Å².